The van der Waals surface area contributed by atoms with Crippen LogP contribution in [-0.2, 0) is 17.9 Å². The average molecular weight is 353 g/mol. The van der Waals surface area contributed by atoms with E-state index in [1.807, 2.05) is 19.1 Å². The molecule has 0 fully saturated rings. The summed E-state index contributed by atoms with van der Waals surface area (Å²) in [5.74, 6) is 0.485. The maximum Gasteiger partial charge on any atom is 0.129 e. The molecule has 130 valence electrons. The van der Waals surface area contributed by atoms with E-state index in [0.717, 1.165) is 44.0 Å². The lowest BCUT2D eigenvalue weighted by Gasteiger charge is -2.12. The maximum atomic E-state index is 13.7. The first-order valence-corrected chi connectivity index (χ1v) is 8.62. The molecule has 2 N–H and O–H groups in total. The van der Waals surface area contributed by atoms with Crippen LogP contribution in [0.25, 0.3) is 0 Å². The lowest BCUT2D eigenvalue weighted by molar-refractivity contribution is -0.671. The van der Waals surface area contributed by atoms with E-state index in [1.54, 1.807) is 24.3 Å². The standard InChI is InChI=1S/C19H23ClFNO2/c1-2-23-11-5-10-22-13-16-12-17(20)8-9-19(16)24-14-15-6-3-4-7-18(15)21/h3-4,6-9,12,22H,2,5,10-11,13-14H2,1H3/p+1. The molecule has 0 saturated carbocycles. The number of hydrogen-bond donors (Lipinski definition) is 1. The highest BCUT2D eigenvalue weighted by molar-refractivity contribution is 6.30. The van der Waals surface area contributed by atoms with Crippen LogP contribution in [0.1, 0.15) is 24.5 Å². The first kappa shape index (κ1) is 18.7. The van der Waals surface area contributed by atoms with Crippen LogP contribution in [0.5, 0.6) is 5.75 Å². The topological polar surface area (TPSA) is 35.1 Å². The van der Waals surface area contributed by atoms with Gasteiger partial charge in [-0.1, -0.05) is 29.8 Å². The van der Waals surface area contributed by atoms with Crippen molar-refractivity contribution in [3.8, 4) is 5.75 Å². The fourth-order valence-corrected chi connectivity index (χ4v) is 2.55. The third-order valence-corrected chi connectivity index (χ3v) is 3.86. The maximum absolute atomic E-state index is 13.7. The highest BCUT2D eigenvalue weighted by atomic mass is 35.5. The van der Waals surface area contributed by atoms with Crippen molar-refractivity contribution in [2.75, 3.05) is 19.8 Å². The van der Waals surface area contributed by atoms with Crippen LogP contribution in [-0.4, -0.2) is 19.8 Å². The Morgan fingerprint density at radius 1 is 1.12 bits per heavy atom. The molecule has 0 aliphatic carbocycles. The Balaban J connectivity index is 1.91. The van der Waals surface area contributed by atoms with Gasteiger partial charge in [0.05, 0.1) is 13.2 Å². The fraction of sp³-hybridized carbons (Fsp3) is 0.368. The van der Waals surface area contributed by atoms with E-state index in [2.05, 4.69) is 5.32 Å². The van der Waals surface area contributed by atoms with Crippen molar-refractivity contribution in [3.05, 3.63) is 64.4 Å². The second kappa shape index (κ2) is 10.3. The summed E-state index contributed by atoms with van der Waals surface area (Å²) in [7, 11) is 0. The van der Waals surface area contributed by atoms with E-state index in [9.17, 15) is 4.39 Å². The highest BCUT2D eigenvalue weighted by Crippen LogP contribution is 2.23. The van der Waals surface area contributed by atoms with Gasteiger partial charge in [0.25, 0.3) is 0 Å². The third-order valence-electron chi connectivity index (χ3n) is 3.63. The minimum Gasteiger partial charge on any atom is -0.488 e. The lowest BCUT2D eigenvalue weighted by Crippen LogP contribution is -2.82. The zero-order valence-corrected chi connectivity index (χ0v) is 14.7. The molecule has 2 aromatic rings. The van der Waals surface area contributed by atoms with Gasteiger partial charge < -0.3 is 14.8 Å². The monoisotopic (exact) mass is 352 g/mol. The van der Waals surface area contributed by atoms with Crippen molar-refractivity contribution in [3.63, 3.8) is 0 Å². The summed E-state index contributed by atoms with van der Waals surface area (Å²) in [6, 6.07) is 12.2. The Kier molecular flexibility index (Phi) is 8.02. The smallest absolute Gasteiger partial charge is 0.129 e. The number of hydrogen-bond acceptors (Lipinski definition) is 2. The zero-order chi connectivity index (χ0) is 17.2. The number of nitrogens with two attached hydrogens (primary N) is 1. The number of quaternary nitrogens is 1. The highest BCUT2D eigenvalue weighted by Gasteiger charge is 2.09. The van der Waals surface area contributed by atoms with Gasteiger partial charge in [0.15, 0.2) is 0 Å². The number of rotatable bonds is 10. The molecule has 3 nitrogen and oxygen atoms in total. The zero-order valence-electron chi connectivity index (χ0n) is 13.9. The summed E-state index contributed by atoms with van der Waals surface area (Å²) in [6.07, 6.45) is 1.000. The van der Waals surface area contributed by atoms with E-state index in [0.29, 0.717) is 10.6 Å². The molecule has 0 radical (unpaired) electrons. The summed E-state index contributed by atoms with van der Waals surface area (Å²) in [6.45, 7) is 5.46. The van der Waals surface area contributed by atoms with Crippen LogP contribution in [0, 0.1) is 5.82 Å². The molecule has 0 aliphatic rings. The predicted octanol–water partition coefficient (Wildman–Crippen LogP) is 3.55. The van der Waals surface area contributed by atoms with Crippen LogP contribution in [0.4, 0.5) is 4.39 Å². The van der Waals surface area contributed by atoms with E-state index in [1.165, 1.54) is 6.07 Å². The molecule has 0 heterocycles. The van der Waals surface area contributed by atoms with Gasteiger partial charge in [-0.3, -0.25) is 0 Å². The first-order chi connectivity index (χ1) is 11.7. The molecule has 0 aromatic heterocycles. The van der Waals surface area contributed by atoms with Gasteiger partial charge in [-0.25, -0.2) is 4.39 Å². The van der Waals surface area contributed by atoms with Gasteiger partial charge in [0.2, 0.25) is 0 Å². The van der Waals surface area contributed by atoms with Gasteiger partial charge >= 0.3 is 0 Å². The van der Waals surface area contributed by atoms with E-state index in [4.69, 9.17) is 21.1 Å². The predicted molar refractivity (Wildman–Crippen MR) is 93.8 cm³/mol. The van der Waals surface area contributed by atoms with E-state index in [-0.39, 0.29) is 12.4 Å². The first-order valence-electron chi connectivity index (χ1n) is 8.24. The van der Waals surface area contributed by atoms with Crippen LogP contribution in [0.2, 0.25) is 5.02 Å². The van der Waals surface area contributed by atoms with Crippen LogP contribution in [0.15, 0.2) is 42.5 Å². The van der Waals surface area contributed by atoms with Gasteiger partial charge in [-0.2, -0.15) is 0 Å². The molecule has 0 aliphatic heterocycles. The minimum absolute atomic E-state index is 0.200. The summed E-state index contributed by atoms with van der Waals surface area (Å²) in [4.78, 5) is 0. The Morgan fingerprint density at radius 3 is 2.75 bits per heavy atom. The summed E-state index contributed by atoms with van der Waals surface area (Å²) >= 11 is 6.09. The third kappa shape index (κ3) is 6.11. The van der Waals surface area contributed by atoms with Crippen molar-refractivity contribution in [2.24, 2.45) is 0 Å². The fourth-order valence-electron chi connectivity index (χ4n) is 2.35. The normalized spacial score (nSPS) is 10.8. The molecule has 0 spiro atoms. The Hall–Kier alpha value is -1.62. The van der Waals surface area contributed by atoms with E-state index < -0.39 is 0 Å². The molecule has 0 saturated heterocycles. The van der Waals surface area contributed by atoms with Crippen LogP contribution in [0.3, 0.4) is 0 Å². The van der Waals surface area contributed by atoms with Crippen molar-refractivity contribution in [1.82, 2.24) is 0 Å². The molecule has 24 heavy (non-hydrogen) atoms. The molecule has 2 rings (SSSR count). The molecular formula is C19H24ClFNO2+. The Labute approximate surface area is 147 Å². The SMILES string of the molecule is CCOCCC[NH2+]Cc1cc(Cl)ccc1OCc1ccccc1F. The van der Waals surface area contributed by atoms with Gasteiger partial charge in [-0.05, 0) is 31.2 Å². The van der Waals surface area contributed by atoms with E-state index >= 15 is 0 Å². The van der Waals surface area contributed by atoms with Gasteiger partial charge in [0, 0.05) is 29.2 Å². The molecular weight excluding hydrogens is 329 g/mol. The average Bonchev–Trinajstić information content (AvgIpc) is 2.58. The van der Waals surface area contributed by atoms with Gasteiger partial charge in [0.1, 0.15) is 24.7 Å². The quantitative estimate of drug-likeness (QED) is 0.664. The number of benzene rings is 2. The Bertz CT molecular complexity index is 637. The second-order valence-corrected chi connectivity index (χ2v) is 5.90. The lowest BCUT2D eigenvalue weighted by atomic mass is 10.2. The molecule has 0 unspecified atom stereocenters. The van der Waals surface area contributed by atoms with Crippen molar-refractivity contribution in [2.45, 2.75) is 26.5 Å². The molecule has 0 bridgehead atoms. The minimum atomic E-state index is -0.254. The molecule has 0 amide bonds. The van der Waals surface area contributed by atoms with Gasteiger partial charge in [-0.15, -0.1) is 0 Å². The number of ether oxygens (including phenoxy) is 2. The van der Waals surface area contributed by atoms with Crippen molar-refractivity contribution < 1.29 is 19.2 Å². The van der Waals surface area contributed by atoms with Crippen LogP contribution < -0.4 is 10.1 Å². The molecule has 0 atom stereocenters. The summed E-state index contributed by atoms with van der Waals surface area (Å²) in [5.41, 5.74) is 1.55. The summed E-state index contributed by atoms with van der Waals surface area (Å²) < 4.78 is 24.8. The van der Waals surface area contributed by atoms with Crippen molar-refractivity contribution in [1.29, 1.82) is 0 Å². The summed E-state index contributed by atoms with van der Waals surface area (Å²) in [5, 5.41) is 2.87. The van der Waals surface area contributed by atoms with Crippen molar-refractivity contribution >= 4 is 11.6 Å². The van der Waals surface area contributed by atoms with Crippen LogP contribution >= 0.6 is 11.6 Å². The Morgan fingerprint density at radius 2 is 1.96 bits per heavy atom. The molecule has 2 aromatic carbocycles. The second-order valence-electron chi connectivity index (χ2n) is 5.46. The largest absolute Gasteiger partial charge is 0.488 e. The molecule has 5 heteroatoms. The number of halogens is 2.